The minimum absolute atomic E-state index is 0.0567. The molecule has 3 N–H and O–H groups in total. The lowest BCUT2D eigenvalue weighted by Crippen LogP contribution is -2.35. The first-order chi connectivity index (χ1) is 13.1. The van der Waals surface area contributed by atoms with Crippen LogP contribution in [0, 0.1) is 5.82 Å². The summed E-state index contributed by atoms with van der Waals surface area (Å²) in [5, 5.41) is 8.14. The molecule has 0 aliphatic heterocycles. The summed E-state index contributed by atoms with van der Waals surface area (Å²) < 4.78 is 13.5. The summed E-state index contributed by atoms with van der Waals surface area (Å²) in [6.45, 7) is -0.0567. The van der Waals surface area contributed by atoms with Crippen molar-refractivity contribution in [3.8, 4) is 0 Å². The van der Waals surface area contributed by atoms with E-state index in [0.29, 0.717) is 11.3 Å². The molecule has 0 spiro atoms. The van der Waals surface area contributed by atoms with E-state index in [1.165, 1.54) is 6.07 Å². The molecule has 3 rings (SSSR count). The third-order valence-corrected chi connectivity index (χ3v) is 3.81. The van der Waals surface area contributed by atoms with Crippen LogP contribution in [0.5, 0.6) is 0 Å². The molecule has 2 amide bonds. The standard InChI is InChI=1S/C21H18FN3O2/c22-19-9-5-4-6-15(19)14-23-20(26)21(27)25-18-12-10-17(11-13-18)24-16-7-2-1-3-8-16/h1-13,24H,14H2,(H,23,26)(H,25,27). The second kappa shape index (κ2) is 8.62. The first kappa shape index (κ1) is 18.1. The van der Waals surface area contributed by atoms with Crippen molar-refractivity contribution >= 4 is 28.9 Å². The highest BCUT2D eigenvalue weighted by atomic mass is 19.1. The maximum atomic E-state index is 13.5. The van der Waals surface area contributed by atoms with Crippen molar-refractivity contribution in [2.45, 2.75) is 6.54 Å². The Hall–Kier alpha value is -3.67. The van der Waals surface area contributed by atoms with Gasteiger partial charge in [0.15, 0.2) is 0 Å². The molecule has 6 heteroatoms. The van der Waals surface area contributed by atoms with Crippen molar-refractivity contribution in [2.75, 3.05) is 10.6 Å². The van der Waals surface area contributed by atoms with Crippen LogP contribution < -0.4 is 16.0 Å². The zero-order valence-electron chi connectivity index (χ0n) is 14.4. The Balaban J connectivity index is 1.52. The van der Waals surface area contributed by atoms with Crippen LogP contribution in [0.3, 0.4) is 0 Å². The van der Waals surface area contributed by atoms with Gasteiger partial charge in [-0.15, -0.1) is 0 Å². The fourth-order valence-electron chi connectivity index (χ4n) is 2.41. The molecule has 5 nitrogen and oxygen atoms in total. The fourth-order valence-corrected chi connectivity index (χ4v) is 2.41. The highest BCUT2D eigenvalue weighted by molar-refractivity contribution is 6.39. The summed E-state index contributed by atoms with van der Waals surface area (Å²) in [7, 11) is 0. The van der Waals surface area contributed by atoms with Crippen LogP contribution in [0.2, 0.25) is 0 Å². The minimum Gasteiger partial charge on any atom is -0.356 e. The third kappa shape index (κ3) is 5.15. The summed E-state index contributed by atoms with van der Waals surface area (Å²) in [5.41, 5.74) is 2.60. The SMILES string of the molecule is O=C(NCc1ccccc1F)C(=O)Nc1ccc(Nc2ccccc2)cc1. The molecule has 0 saturated heterocycles. The van der Waals surface area contributed by atoms with Gasteiger partial charge in [-0.1, -0.05) is 36.4 Å². The molecule has 0 fully saturated rings. The number of hydrogen-bond donors (Lipinski definition) is 3. The molecule has 0 bridgehead atoms. The predicted octanol–water partition coefficient (Wildman–Crippen LogP) is 3.82. The molecular weight excluding hydrogens is 345 g/mol. The highest BCUT2D eigenvalue weighted by Crippen LogP contribution is 2.18. The lowest BCUT2D eigenvalue weighted by Gasteiger charge is -2.09. The number of carbonyl (C=O) groups excluding carboxylic acids is 2. The molecule has 0 aromatic heterocycles. The predicted molar refractivity (Wildman–Crippen MR) is 103 cm³/mol. The number of rotatable bonds is 5. The summed E-state index contributed by atoms with van der Waals surface area (Å²) in [4.78, 5) is 23.8. The molecule has 0 radical (unpaired) electrons. The average molecular weight is 363 g/mol. The second-order valence-corrected chi connectivity index (χ2v) is 5.80. The van der Waals surface area contributed by atoms with Crippen LogP contribution in [0.15, 0.2) is 78.9 Å². The maximum Gasteiger partial charge on any atom is 0.313 e. The Morgan fingerprint density at radius 1 is 0.704 bits per heavy atom. The number of benzene rings is 3. The number of para-hydroxylation sites is 1. The van der Waals surface area contributed by atoms with Gasteiger partial charge in [-0.25, -0.2) is 4.39 Å². The molecule has 27 heavy (non-hydrogen) atoms. The number of anilines is 3. The van der Waals surface area contributed by atoms with Crippen molar-refractivity contribution in [3.05, 3.63) is 90.2 Å². The molecule has 0 aliphatic rings. The minimum atomic E-state index is -0.829. The van der Waals surface area contributed by atoms with Crippen molar-refractivity contribution in [1.82, 2.24) is 5.32 Å². The van der Waals surface area contributed by atoms with Crippen LogP contribution in [-0.2, 0) is 16.1 Å². The van der Waals surface area contributed by atoms with Gasteiger partial charge in [0, 0.05) is 29.2 Å². The van der Waals surface area contributed by atoms with Gasteiger partial charge in [0.05, 0.1) is 0 Å². The lowest BCUT2D eigenvalue weighted by molar-refractivity contribution is -0.136. The normalized spacial score (nSPS) is 10.1. The topological polar surface area (TPSA) is 70.2 Å². The van der Waals surface area contributed by atoms with E-state index in [9.17, 15) is 14.0 Å². The number of nitrogens with one attached hydrogen (secondary N) is 3. The fraction of sp³-hybridized carbons (Fsp3) is 0.0476. The molecular formula is C21H18FN3O2. The smallest absolute Gasteiger partial charge is 0.313 e. The molecule has 0 atom stereocenters. The lowest BCUT2D eigenvalue weighted by atomic mass is 10.2. The number of carbonyl (C=O) groups is 2. The van der Waals surface area contributed by atoms with E-state index in [4.69, 9.17) is 0 Å². The van der Waals surface area contributed by atoms with Gasteiger partial charge in [-0.05, 0) is 42.5 Å². The van der Waals surface area contributed by atoms with Crippen molar-refractivity contribution in [2.24, 2.45) is 0 Å². The monoisotopic (exact) mass is 363 g/mol. The summed E-state index contributed by atoms with van der Waals surface area (Å²) >= 11 is 0. The molecule has 0 aliphatic carbocycles. The van der Waals surface area contributed by atoms with Crippen LogP contribution in [-0.4, -0.2) is 11.8 Å². The second-order valence-electron chi connectivity index (χ2n) is 5.80. The molecule has 3 aromatic carbocycles. The number of halogens is 1. The molecule has 0 unspecified atom stereocenters. The summed E-state index contributed by atoms with van der Waals surface area (Å²) in [6.07, 6.45) is 0. The molecule has 136 valence electrons. The van der Waals surface area contributed by atoms with Crippen LogP contribution in [0.25, 0.3) is 0 Å². The van der Waals surface area contributed by atoms with Crippen molar-refractivity contribution < 1.29 is 14.0 Å². The maximum absolute atomic E-state index is 13.5. The van der Waals surface area contributed by atoms with E-state index in [2.05, 4.69) is 16.0 Å². The number of hydrogen-bond acceptors (Lipinski definition) is 3. The Kier molecular flexibility index (Phi) is 5.79. The van der Waals surface area contributed by atoms with Gasteiger partial charge in [0.1, 0.15) is 5.82 Å². The third-order valence-electron chi connectivity index (χ3n) is 3.81. The quantitative estimate of drug-likeness (QED) is 0.604. The van der Waals surface area contributed by atoms with E-state index in [1.54, 1.807) is 42.5 Å². The molecule has 3 aromatic rings. The van der Waals surface area contributed by atoms with E-state index in [1.807, 2.05) is 30.3 Å². The Morgan fingerprint density at radius 3 is 2.00 bits per heavy atom. The van der Waals surface area contributed by atoms with Crippen molar-refractivity contribution in [3.63, 3.8) is 0 Å². The van der Waals surface area contributed by atoms with Gasteiger partial charge in [0.25, 0.3) is 0 Å². The van der Waals surface area contributed by atoms with Gasteiger partial charge in [0.2, 0.25) is 0 Å². The summed E-state index contributed by atoms with van der Waals surface area (Å²) in [5.74, 6) is -2.07. The molecule has 0 heterocycles. The van der Waals surface area contributed by atoms with Gasteiger partial charge in [-0.3, -0.25) is 9.59 Å². The first-order valence-electron chi connectivity index (χ1n) is 8.36. The molecule has 0 saturated carbocycles. The average Bonchev–Trinajstić information content (AvgIpc) is 2.69. The van der Waals surface area contributed by atoms with Crippen LogP contribution >= 0.6 is 0 Å². The highest BCUT2D eigenvalue weighted by Gasteiger charge is 2.14. The Morgan fingerprint density at radius 2 is 1.30 bits per heavy atom. The van der Waals surface area contributed by atoms with Gasteiger partial charge < -0.3 is 16.0 Å². The number of amides is 2. The Labute approximate surface area is 156 Å². The van der Waals surface area contributed by atoms with Gasteiger partial charge in [-0.2, -0.15) is 0 Å². The van der Waals surface area contributed by atoms with E-state index >= 15 is 0 Å². The van der Waals surface area contributed by atoms with E-state index in [-0.39, 0.29) is 6.54 Å². The van der Waals surface area contributed by atoms with Crippen LogP contribution in [0.1, 0.15) is 5.56 Å². The van der Waals surface area contributed by atoms with Gasteiger partial charge >= 0.3 is 11.8 Å². The van der Waals surface area contributed by atoms with E-state index in [0.717, 1.165) is 11.4 Å². The Bertz CT molecular complexity index is 928. The van der Waals surface area contributed by atoms with E-state index < -0.39 is 17.6 Å². The zero-order valence-corrected chi connectivity index (χ0v) is 14.4. The summed E-state index contributed by atoms with van der Waals surface area (Å²) in [6, 6.07) is 22.7. The first-order valence-corrected chi connectivity index (χ1v) is 8.36. The zero-order chi connectivity index (χ0) is 19.1. The largest absolute Gasteiger partial charge is 0.356 e. The van der Waals surface area contributed by atoms with Crippen LogP contribution in [0.4, 0.5) is 21.5 Å². The van der Waals surface area contributed by atoms with Crippen molar-refractivity contribution in [1.29, 1.82) is 0 Å².